The maximum atomic E-state index is 5.93. The van der Waals surface area contributed by atoms with E-state index in [9.17, 15) is 0 Å². The smallest absolute Gasteiger partial charge is 0.118 e. The van der Waals surface area contributed by atoms with Gasteiger partial charge in [-0.3, -0.25) is 4.90 Å². The van der Waals surface area contributed by atoms with Gasteiger partial charge in [-0.2, -0.15) is 0 Å². The Labute approximate surface area is 115 Å². The van der Waals surface area contributed by atoms with E-state index in [2.05, 4.69) is 30.0 Å². The first-order chi connectivity index (χ1) is 9.05. The summed E-state index contributed by atoms with van der Waals surface area (Å²) in [5.41, 5.74) is 0.419. The lowest BCUT2D eigenvalue weighted by molar-refractivity contribution is -0.0181. The van der Waals surface area contributed by atoms with E-state index in [4.69, 9.17) is 9.15 Å². The van der Waals surface area contributed by atoms with E-state index in [1.807, 2.05) is 13.0 Å². The zero-order chi connectivity index (χ0) is 13.5. The van der Waals surface area contributed by atoms with Crippen LogP contribution < -0.4 is 0 Å². The van der Waals surface area contributed by atoms with Crippen molar-refractivity contribution in [3.05, 3.63) is 23.7 Å². The first-order valence-corrected chi connectivity index (χ1v) is 7.09. The lowest BCUT2D eigenvalue weighted by atomic mass is 9.78. The normalized spacial score (nSPS) is 26.2. The van der Waals surface area contributed by atoms with Crippen LogP contribution in [0.3, 0.4) is 0 Å². The van der Waals surface area contributed by atoms with Crippen LogP contribution in [-0.4, -0.2) is 56.2 Å². The van der Waals surface area contributed by atoms with E-state index in [0.717, 1.165) is 44.3 Å². The Balaban J connectivity index is 1.47. The van der Waals surface area contributed by atoms with Gasteiger partial charge in [0.25, 0.3) is 0 Å². The number of likely N-dealkylation sites (tertiary alicyclic amines) is 1. The standard InChI is InChI=1S/C15H24N2O2/c1-12-4-5-13(19-12)8-17-9-15(10-17)6-14(18-11-15)7-16(2)3/h4-5,14H,6-11H2,1-3H3. The van der Waals surface area contributed by atoms with Crippen molar-refractivity contribution in [2.75, 3.05) is 40.3 Å². The summed E-state index contributed by atoms with van der Waals surface area (Å²) in [6, 6.07) is 4.12. The third-order valence-electron chi connectivity index (χ3n) is 4.15. The van der Waals surface area contributed by atoms with Gasteiger partial charge in [0.2, 0.25) is 0 Å². The van der Waals surface area contributed by atoms with Crippen LogP contribution in [0.2, 0.25) is 0 Å². The number of ether oxygens (including phenoxy) is 1. The summed E-state index contributed by atoms with van der Waals surface area (Å²) >= 11 is 0. The average Bonchev–Trinajstić information content (AvgIpc) is 2.85. The Morgan fingerprint density at radius 1 is 1.37 bits per heavy atom. The number of likely N-dealkylation sites (N-methyl/N-ethyl adjacent to an activating group) is 1. The molecule has 1 spiro atoms. The van der Waals surface area contributed by atoms with Crippen LogP contribution in [0.4, 0.5) is 0 Å². The maximum absolute atomic E-state index is 5.93. The van der Waals surface area contributed by atoms with Gasteiger partial charge in [-0.25, -0.2) is 0 Å². The highest BCUT2D eigenvalue weighted by molar-refractivity contribution is 5.08. The first-order valence-electron chi connectivity index (χ1n) is 7.09. The van der Waals surface area contributed by atoms with Crippen molar-refractivity contribution in [2.45, 2.75) is 26.0 Å². The van der Waals surface area contributed by atoms with E-state index in [1.165, 1.54) is 6.42 Å². The molecule has 0 amide bonds. The molecule has 4 nitrogen and oxygen atoms in total. The van der Waals surface area contributed by atoms with Gasteiger partial charge in [-0.15, -0.1) is 0 Å². The minimum atomic E-state index is 0.419. The molecule has 4 heteroatoms. The summed E-state index contributed by atoms with van der Waals surface area (Å²) in [7, 11) is 4.22. The van der Waals surface area contributed by atoms with Crippen LogP contribution in [0.25, 0.3) is 0 Å². The van der Waals surface area contributed by atoms with Crippen molar-refractivity contribution in [1.82, 2.24) is 9.80 Å². The number of furan rings is 1. The minimum Gasteiger partial charge on any atom is -0.465 e. The second-order valence-corrected chi connectivity index (χ2v) is 6.56. The third-order valence-corrected chi connectivity index (χ3v) is 4.15. The number of hydrogen-bond donors (Lipinski definition) is 0. The Morgan fingerprint density at radius 3 is 2.79 bits per heavy atom. The highest BCUT2D eigenvalue weighted by Gasteiger charge is 2.48. The second kappa shape index (κ2) is 4.93. The lowest BCUT2D eigenvalue weighted by Crippen LogP contribution is -2.56. The molecule has 0 aliphatic carbocycles. The van der Waals surface area contributed by atoms with E-state index in [0.29, 0.717) is 11.5 Å². The molecule has 2 saturated heterocycles. The molecule has 3 heterocycles. The Hall–Kier alpha value is -0.840. The van der Waals surface area contributed by atoms with Crippen molar-refractivity contribution < 1.29 is 9.15 Å². The van der Waals surface area contributed by atoms with E-state index in [-0.39, 0.29) is 0 Å². The van der Waals surface area contributed by atoms with Crippen molar-refractivity contribution >= 4 is 0 Å². The fraction of sp³-hybridized carbons (Fsp3) is 0.733. The summed E-state index contributed by atoms with van der Waals surface area (Å²) in [5.74, 6) is 2.08. The van der Waals surface area contributed by atoms with Crippen LogP contribution >= 0.6 is 0 Å². The number of aryl methyl sites for hydroxylation is 1. The number of nitrogens with zero attached hydrogens (tertiary/aromatic N) is 2. The van der Waals surface area contributed by atoms with Gasteiger partial charge in [0.05, 0.1) is 19.3 Å². The molecule has 0 aromatic carbocycles. The quantitative estimate of drug-likeness (QED) is 0.828. The number of hydrogen-bond acceptors (Lipinski definition) is 4. The van der Waals surface area contributed by atoms with Crippen molar-refractivity contribution in [2.24, 2.45) is 5.41 Å². The van der Waals surface area contributed by atoms with Gasteiger partial charge >= 0.3 is 0 Å². The average molecular weight is 264 g/mol. The second-order valence-electron chi connectivity index (χ2n) is 6.56. The SMILES string of the molecule is Cc1ccc(CN2CC3(COC(CN(C)C)C3)C2)o1. The highest BCUT2D eigenvalue weighted by atomic mass is 16.5. The van der Waals surface area contributed by atoms with Gasteiger partial charge in [0.15, 0.2) is 0 Å². The topological polar surface area (TPSA) is 28.9 Å². The Kier molecular flexibility index (Phi) is 3.41. The molecular formula is C15H24N2O2. The monoisotopic (exact) mass is 264 g/mol. The summed E-state index contributed by atoms with van der Waals surface area (Å²) in [4.78, 5) is 4.67. The van der Waals surface area contributed by atoms with E-state index < -0.39 is 0 Å². The molecule has 1 aromatic rings. The largest absolute Gasteiger partial charge is 0.465 e. The molecule has 0 N–H and O–H groups in total. The summed E-state index contributed by atoms with van der Waals surface area (Å²) in [6.07, 6.45) is 1.63. The van der Waals surface area contributed by atoms with Crippen molar-refractivity contribution in [3.8, 4) is 0 Å². The molecule has 2 aliphatic rings. The predicted octanol–water partition coefficient (Wildman–Crippen LogP) is 1.74. The summed E-state index contributed by atoms with van der Waals surface area (Å²) in [6.45, 7) is 7.21. The molecule has 3 rings (SSSR count). The molecule has 106 valence electrons. The highest BCUT2D eigenvalue weighted by Crippen LogP contribution is 2.41. The molecule has 1 aromatic heterocycles. The van der Waals surface area contributed by atoms with Crippen LogP contribution in [0.15, 0.2) is 16.5 Å². The molecule has 1 atom stereocenters. The maximum Gasteiger partial charge on any atom is 0.118 e. The van der Waals surface area contributed by atoms with Gasteiger partial charge in [-0.1, -0.05) is 0 Å². The molecule has 2 aliphatic heterocycles. The van der Waals surface area contributed by atoms with Gasteiger partial charge in [0, 0.05) is 25.0 Å². The minimum absolute atomic E-state index is 0.419. The van der Waals surface area contributed by atoms with Crippen molar-refractivity contribution in [3.63, 3.8) is 0 Å². The van der Waals surface area contributed by atoms with Crippen LogP contribution in [-0.2, 0) is 11.3 Å². The molecule has 1 unspecified atom stereocenters. The third kappa shape index (κ3) is 2.86. The summed E-state index contributed by atoms with van der Waals surface area (Å²) < 4.78 is 11.6. The lowest BCUT2D eigenvalue weighted by Gasteiger charge is -2.47. The van der Waals surface area contributed by atoms with Crippen LogP contribution in [0.1, 0.15) is 17.9 Å². The fourth-order valence-corrected chi connectivity index (χ4v) is 3.45. The zero-order valence-corrected chi connectivity index (χ0v) is 12.2. The predicted molar refractivity (Wildman–Crippen MR) is 74.1 cm³/mol. The van der Waals surface area contributed by atoms with Crippen molar-refractivity contribution in [1.29, 1.82) is 0 Å². The Morgan fingerprint density at radius 2 is 2.16 bits per heavy atom. The van der Waals surface area contributed by atoms with Gasteiger partial charge in [-0.05, 0) is 39.6 Å². The number of rotatable bonds is 4. The van der Waals surface area contributed by atoms with Gasteiger partial charge < -0.3 is 14.1 Å². The summed E-state index contributed by atoms with van der Waals surface area (Å²) in [5, 5.41) is 0. The molecule has 2 fully saturated rings. The van der Waals surface area contributed by atoms with Gasteiger partial charge in [0.1, 0.15) is 11.5 Å². The molecular weight excluding hydrogens is 240 g/mol. The van der Waals surface area contributed by atoms with Crippen LogP contribution in [0.5, 0.6) is 0 Å². The Bertz CT molecular complexity index is 435. The van der Waals surface area contributed by atoms with E-state index in [1.54, 1.807) is 0 Å². The molecule has 0 bridgehead atoms. The fourth-order valence-electron chi connectivity index (χ4n) is 3.45. The van der Waals surface area contributed by atoms with Crippen LogP contribution in [0, 0.1) is 12.3 Å². The molecule has 19 heavy (non-hydrogen) atoms. The first kappa shape index (κ1) is 13.2. The molecule has 0 radical (unpaired) electrons. The molecule has 0 saturated carbocycles. The van der Waals surface area contributed by atoms with E-state index >= 15 is 0 Å². The zero-order valence-electron chi connectivity index (χ0n) is 12.2.